The third-order valence-electron chi connectivity index (χ3n) is 3.22. The van der Waals surface area contributed by atoms with Crippen molar-refractivity contribution in [2.24, 2.45) is 0 Å². The molecule has 0 N–H and O–H groups in total. The molecule has 0 aliphatic heterocycles. The van der Waals surface area contributed by atoms with Gasteiger partial charge in [-0.1, -0.05) is 34.1 Å². The van der Waals surface area contributed by atoms with Crippen molar-refractivity contribution in [2.45, 2.75) is 18.7 Å². The van der Waals surface area contributed by atoms with Gasteiger partial charge in [0.2, 0.25) is 0 Å². The van der Waals surface area contributed by atoms with E-state index in [2.05, 4.69) is 15.9 Å². The Labute approximate surface area is 125 Å². The topological polar surface area (TPSA) is 9.23 Å². The number of methoxy groups -OCH3 is 1. The van der Waals surface area contributed by atoms with Crippen LogP contribution < -0.4 is 4.74 Å². The second-order valence-corrected chi connectivity index (χ2v) is 5.64. The highest BCUT2D eigenvalue weighted by Crippen LogP contribution is 2.35. The lowest BCUT2D eigenvalue weighted by Crippen LogP contribution is -1.99. The Balaban J connectivity index is 2.42. The van der Waals surface area contributed by atoms with Crippen LogP contribution in [-0.4, -0.2) is 7.11 Å². The summed E-state index contributed by atoms with van der Waals surface area (Å²) >= 11 is 3.54. The summed E-state index contributed by atoms with van der Waals surface area (Å²) in [7, 11) is 1.63. The van der Waals surface area contributed by atoms with E-state index in [1.165, 1.54) is 6.07 Å². The number of ether oxygens (including phenoxy) is 1. The number of halogens is 3. The number of hydrogen-bond acceptors (Lipinski definition) is 1. The lowest BCUT2D eigenvalue weighted by Gasteiger charge is -2.16. The summed E-state index contributed by atoms with van der Waals surface area (Å²) in [5, 5.41) is 0. The van der Waals surface area contributed by atoms with Crippen LogP contribution in [0.2, 0.25) is 0 Å². The van der Waals surface area contributed by atoms with E-state index in [0.29, 0.717) is 5.56 Å². The van der Waals surface area contributed by atoms with Gasteiger partial charge in [-0.25, -0.2) is 8.78 Å². The molecule has 0 aliphatic carbocycles. The molecule has 0 saturated heterocycles. The van der Waals surface area contributed by atoms with Crippen LogP contribution in [0.3, 0.4) is 0 Å². The lowest BCUT2D eigenvalue weighted by molar-refractivity contribution is 0.408. The maximum absolute atomic E-state index is 13.3. The predicted molar refractivity (Wildman–Crippen MR) is 79.6 cm³/mol. The summed E-state index contributed by atoms with van der Waals surface area (Å²) < 4.78 is 31.6. The van der Waals surface area contributed by atoms with Gasteiger partial charge in [-0.2, -0.15) is 0 Å². The van der Waals surface area contributed by atoms with Gasteiger partial charge in [0.1, 0.15) is 5.75 Å². The van der Waals surface area contributed by atoms with E-state index < -0.39 is 11.6 Å². The van der Waals surface area contributed by atoms with Gasteiger partial charge in [0.25, 0.3) is 0 Å². The van der Waals surface area contributed by atoms with E-state index in [1.54, 1.807) is 13.2 Å². The molecule has 1 atom stereocenters. The molecule has 0 fully saturated rings. The average molecular weight is 341 g/mol. The summed E-state index contributed by atoms with van der Waals surface area (Å²) in [6.45, 7) is 3.92. The first-order valence-electron chi connectivity index (χ1n) is 6.18. The highest BCUT2D eigenvalue weighted by atomic mass is 79.9. The Kier molecular flexibility index (Phi) is 4.43. The van der Waals surface area contributed by atoms with E-state index >= 15 is 0 Å². The molecule has 0 aromatic heterocycles. The third kappa shape index (κ3) is 2.85. The first-order chi connectivity index (χ1) is 9.43. The van der Waals surface area contributed by atoms with E-state index in [4.69, 9.17) is 4.74 Å². The SMILES string of the molecule is COc1c(C)cc(C(Br)c2ccc(F)c(F)c2)cc1C. The average Bonchev–Trinajstić information content (AvgIpc) is 2.40. The molecule has 1 unspecified atom stereocenters. The van der Waals surface area contributed by atoms with Gasteiger partial charge >= 0.3 is 0 Å². The predicted octanol–water partition coefficient (Wildman–Crippen LogP) is 5.07. The Morgan fingerprint density at radius 1 is 0.950 bits per heavy atom. The quantitative estimate of drug-likeness (QED) is 0.708. The zero-order valence-electron chi connectivity index (χ0n) is 11.5. The smallest absolute Gasteiger partial charge is 0.159 e. The van der Waals surface area contributed by atoms with Crippen molar-refractivity contribution in [3.8, 4) is 5.75 Å². The fourth-order valence-corrected chi connectivity index (χ4v) is 2.86. The minimum Gasteiger partial charge on any atom is -0.496 e. The molecule has 20 heavy (non-hydrogen) atoms. The number of hydrogen-bond donors (Lipinski definition) is 0. The van der Waals surface area contributed by atoms with E-state index in [1.807, 2.05) is 26.0 Å². The first kappa shape index (κ1) is 15.0. The number of benzene rings is 2. The molecule has 0 bridgehead atoms. The van der Waals surface area contributed by atoms with Crippen LogP contribution in [-0.2, 0) is 0 Å². The molecule has 0 spiro atoms. The Morgan fingerprint density at radius 2 is 1.55 bits per heavy atom. The lowest BCUT2D eigenvalue weighted by atomic mass is 9.99. The van der Waals surface area contributed by atoms with Crippen LogP contribution in [0.5, 0.6) is 5.75 Å². The highest BCUT2D eigenvalue weighted by Gasteiger charge is 2.15. The van der Waals surface area contributed by atoms with Crippen molar-refractivity contribution in [1.82, 2.24) is 0 Å². The molecule has 4 heteroatoms. The summed E-state index contributed by atoms with van der Waals surface area (Å²) in [6.07, 6.45) is 0. The third-order valence-corrected chi connectivity index (χ3v) is 4.27. The highest BCUT2D eigenvalue weighted by molar-refractivity contribution is 9.09. The van der Waals surface area contributed by atoms with Crippen molar-refractivity contribution in [3.05, 3.63) is 64.2 Å². The van der Waals surface area contributed by atoms with Gasteiger partial charge < -0.3 is 4.74 Å². The van der Waals surface area contributed by atoms with Crippen LogP contribution in [0, 0.1) is 25.5 Å². The van der Waals surface area contributed by atoms with Crippen molar-refractivity contribution < 1.29 is 13.5 Å². The Hall–Kier alpha value is -1.42. The van der Waals surface area contributed by atoms with Gasteiger partial charge in [-0.05, 0) is 48.2 Å². The normalized spacial score (nSPS) is 12.3. The monoisotopic (exact) mass is 340 g/mol. The molecule has 0 aliphatic rings. The molecule has 2 aromatic carbocycles. The van der Waals surface area contributed by atoms with Crippen molar-refractivity contribution in [1.29, 1.82) is 0 Å². The molecule has 106 valence electrons. The fraction of sp³-hybridized carbons (Fsp3) is 0.250. The standard InChI is InChI=1S/C16H15BrF2O/c1-9-6-12(7-10(2)16(9)20-3)15(17)11-4-5-13(18)14(19)8-11/h4-8,15H,1-3H3. The molecule has 2 rings (SSSR count). The van der Waals surface area contributed by atoms with Gasteiger partial charge in [0, 0.05) is 0 Å². The fourth-order valence-electron chi connectivity index (χ4n) is 2.31. The van der Waals surface area contributed by atoms with Gasteiger partial charge in [0.15, 0.2) is 11.6 Å². The second kappa shape index (κ2) is 5.92. The number of rotatable bonds is 3. The molecule has 0 amide bonds. The van der Waals surface area contributed by atoms with Crippen LogP contribution in [0.4, 0.5) is 8.78 Å². The van der Waals surface area contributed by atoms with Crippen molar-refractivity contribution in [3.63, 3.8) is 0 Å². The zero-order valence-corrected chi connectivity index (χ0v) is 13.1. The molecule has 0 radical (unpaired) electrons. The summed E-state index contributed by atoms with van der Waals surface area (Å²) in [5.74, 6) is -0.830. The van der Waals surface area contributed by atoms with E-state index in [-0.39, 0.29) is 4.83 Å². The van der Waals surface area contributed by atoms with Crippen LogP contribution >= 0.6 is 15.9 Å². The maximum atomic E-state index is 13.3. The Morgan fingerprint density at radius 3 is 2.05 bits per heavy atom. The van der Waals surface area contributed by atoms with Gasteiger partial charge in [-0.3, -0.25) is 0 Å². The number of aryl methyl sites for hydroxylation is 2. The summed E-state index contributed by atoms with van der Waals surface area (Å²) in [4.78, 5) is -0.194. The molecule has 2 aromatic rings. The van der Waals surface area contributed by atoms with Crippen molar-refractivity contribution in [2.75, 3.05) is 7.11 Å². The molecule has 0 saturated carbocycles. The zero-order chi connectivity index (χ0) is 14.9. The molecular formula is C16H15BrF2O. The van der Waals surface area contributed by atoms with E-state index in [9.17, 15) is 8.78 Å². The second-order valence-electron chi connectivity index (χ2n) is 4.72. The van der Waals surface area contributed by atoms with Gasteiger partial charge in [-0.15, -0.1) is 0 Å². The summed E-state index contributed by atoms with van der Waals surface area (Å²) in [5.41, 5.74) is 3.67. The van der Waals surface area contributed by atoms with Crippen LogP contribution in [0.15, 0.2) is 30.3 Å². The van der Waals surface area contributed by atoms with E-state index in [0.717, 1.165) is 28.5 Å². The minimum absolute atomic E-state index is 0.194. The Bertz CT molecular complexity index is 617. The molecular weight excluding hydrogens is 326 g/mol. The molecule has 1 nitrogen and oxygen atoms in total. The number of alkyl halides is 1. The largest absolute Gasteiger partial charge is 0.496 e. The first-order valence-corrected chi connectivity index (χ1v) is 7.09. The van der Waals surface area contributed by atoms with Crippen LogP contribution in [0.25, 0.3) is 0 Å². The summed E-state index contributed by atoms with van der Waals surface area (Å²) in [6, 6.07) is 7.89. The minimum atomic E-state index is -0.839. The van der Waals surface area contributed by atoms with Gasteiger partial charge in [0.05, 0.1) is 11.9 Å². The maximum Gasteiger partial charge on any atom is 0.159 e. The van der Waals surface area contributed by atoms with Crippen molar-refractivity contribution >= 4 is 15.9 Å². The molecule has 0 heterocycles. The van der Waals surface area contributed by atoms with Crippen LogP contribution in [0.1, 0.15) is 27.1 Å².